The van der Waals surface area contributed by atoms with Gasteiger partial charge in [0.25, 0.3) is 0 Å². The molecule has 2 rings (SSSR count). The second-order valence-electron chi connectivity index (χ2n) is 4.62. The summed E-state index contributed by atoms with van der Waals surface area (Å²) in [6.45, 7) is 2.59. The third-order valence-corrected chi connectivity index (χ3v) is 3.44. The smallest absolute Gasteiger partial charge is 0.335 e. The lowest BCUT2D eigenvalue weighted by Crippen LogP contribution is -2.39. The van der Waals surface area contributed by atoms with Gasteiger partial charge in [-0.15, -0.1) is 0 Å². The molecule has 5 heteroatoms. The van der Waals surface area contributed by atoms with Crippen LogP contribution in [-0.4, -0.2) is 51.0 Å². The molecule has 0 bridgehead atoms. The van der Waals surface area contributed by atoms with Gasteiger partial charge in [0.2, 0.25) is 0 Å². The topological polar surface area (TPSA) is 80.8 Å². The molecule has 1 aromatic carbocycles. The average Bonchev–Trinajstić information content (AvgIpc) is 3.17. The first kappa shape index (κ1) is 13.0. The van der Waals surface area contributed by atoms with Crippen molar-refractivity contribution in [2.75, 3.05) is 6.54 Å². The highest BCUT2D eigenvalue weighted by Gasteiger charge is 2.47. The van der Waals surface area contributed by atoms with Gasteiger partial charge in [0.15, 0.2) is 6.10 Å². The predicted octanol–water partition coefficient (Wildman–Crippen LogP) is 0.238. The molecular formula is C13H17NO4. The summed E-state index contributed by atoms with van der Waals surface area (Å²) in [7, 11) is 0. The largest absolute Gasteiger partial charge is 0.479 e. The summed E-state index contributed by atoms with van der Waals surface area (Å²) in [5.41, 5.74) is 1.11. The van der Waals surface area contributed by atoms with E-state index in [1.54, 1.807) is 0 Å². The zero-order valence-electron chi connectivity index (χ0n) is 10.1. The highest BCUT2D eigenvalue weighted by atomic mass is 16.4. The highest BCUT2D eigenvalue weighted by Crippen LogP contribution is 2.34. The first-order chi connectivity index (χ1) is 8.52. The molecule has 5 nitrogen and oxygen atoms in total. The number of carbonyl (C=O) groups is 1. The van der Waals surface area contributed by atoms with Gasteiger partial charge in [-0.3, -0.25) is 4.90 Å². The van der Waals surface area contributed by atoms with Crippen molar-refractivity contribution in [1.82, 2.24) is 4.90 Å². The number of carboxylic acid groups (broad SMARTS) is 1. The highest BCUT2D eigenvalue weighted by molar-refractivity contribution is 5.72. The summed E-state index contributed by atoms with van der Waals surface area (Å²) in [4.78, 5) is 12.6. The number of rotatable bonds is 5. The molecule has 18 heavy (non-hydrogen) atoms. The maximum atomic E-state index is 10.6. The Bertz CT molecular complexity index is 422. The van der Waals surface area contributed by atoms with Crippen molar-refractivity contribution >= 4 is 5.97 Å². The quantitative estimate of drug-likeness (QED) is 0.653. The molecule has 3 N–H and O–H groups in total. The number of carboxylic acids is 1. The monoisotopic (exact) mass is 251 g/mol. The molecule has 0 amide bonds. The predicted molar refractivity (Wildman–Crippen MR) is 65.0 cm³/mol. The van der Waals surface area contributed by atoms with Crippen molar-refractivity contribution < 1.29 is 20.1 Å². The Balaban J connectivity index is 1.97. The Kier molecular flexibility index (Phi) is 3.65. The number of nitrogens with zero attached hydrogens (tertiary/aromatic N) is 1. The normalized spacial score (nSPS) is 27.3. The van der Waals surface area contributed by atoms with E-state index in [9.17, 15) is 15.0 Å². The standard InChI is InChI=1S/C13H17NO4/c1-8(9-5-3-2-4-6-9)14-7-10(14)11(15)12(16)13(17)18/h2-6,8,10-12,15-16H,7H2,1H3,(H,17,18)/t8-,10-,11?,12?,14?/m1/s1. The lowest BCUT2D eigenvalue weighted by atomic mass is 10.1. The minimum absolute atomic E-state index is 0.104. The van der Waals surface area contributed by atoms with Gasteiger partial charge in [0.1, 0.15) is 6.10 Å². The van der Waals surface area contributed by atoms with Gasteiger partial charge < -0.3 is 15.3 Å². The molecule has 1 aliphatic rings. The fourth-order valence-electron chi connectivity index (χ4n) is 2.20. The van der Waals surface area contributed by atoms with E-state index in [-0.39, 0.29) is 12.1 Å². The first-order valence-electron chi connectivity index (χ1n) is 5.92. The maximum Gasteiger partial charge on any atom is 0.335 e. The Morgan fingerprint density at radius 3 is 2.50 bits per heavy atom. The van der Waals surface area contributed by atoms with E-state index in [1.807, 2.05) is 42.2 Å². The zero-order chi connectivity index (χ0) is 13.3. The van der Waals surface area contributed by atoms with Gasteiger partial charge in [-0.2, -0.15) is 0 Å². The van der Waals surface area contributed by atoms with Crippen LogP contribution in [0.1, 0.15) is 18.5 Å². The van der Waals surface area contributed by atoms with Gasteiger partial charge in [0.05, 0.1) is 6.04 Å². The fraction of sp³-hybridized carbons (Fsp3) is 0.462. The molecule has 0 aliphatic carbocycles. The molecule has 1 aliphatic heterocycles. The van der Waals surface area contributed by atoms with Gasteiger partial charge in [-0.1, -0.05) is 30.3 Å². The van der Waals surface area contributed by atoms with E-state index in [4.69, 9.17) is 5.11 Å². The van der Waals surface area contributed by atoms with Crippen LogP contribution in [0.4, 0.5) is 0 Å². The molecule has 3 unspecified atom stereocenters. The molecule has 0 radical (unpaired) electrons. The molecule has 0 spiro atoms. The lowest BCUT2D eigenvalue weighted by Gasteiger charge is -2.18. The number of benzene rings is 1. The number of aliphatic hydroxyl groups is 2. The Morgan fingerprint density at radius 2 is 1.94 bits per heavy atom. The van der Waals surface area contributed by atoms with Crippen LogP contribution < -0.4 is 0 Å². The van der Waals surface area contributed by atoms with Crippen LogP contribution in [0.15, 0.2) is 30.3 Å². The summed E-state index contributed by atoms with van der Waals surface area (Å²) in [6, 6.07) is 9.59. The third-order valence-electron chi connectivity index (χ3n) is 3.44. The molecule has 0 saturated carbocycles. The molecule has 1 aromatic rings. The Labute approximate surface area is 105 Å². The second kappa shape index (κ2) is 5.06. The van der Waals surface area contributed by atoms with Crippen LogP contribution in [0.3, 0.4) is 0 Å². The van der Waals surface area contributed by atoms with Crippen molar-refractivity contribution in [2.24, 2.45) is 0 Å². The second-order valence-corrected chi connectivity index (χ2v) is 4.62. The Hall–Kier alpha value is -1.43. The van der Waals surface area contributed by atoms with Crippen LogP contribution in [0.2, 0.25) is 0 Å². The van der Waals surface area contributed by atoms with E-state index in [0.717, 1.165) is 5.56 Å². The van der Waals surface area contributed by atoms with Gasteiger partial charge >= 0.3 is 5.97 Å². The van der Waals surface area contributed by atoms with E-state index < -0.39 is 18.2 Å². The number of hydrogen-bond acceptors (Lipinski definition) is 4. The number of hydrogen-bond donors (Lipinski definition) is 3. The lowest BCUT2D eigenvalue weighted by molar-refractivity contribution is -0.153. The number of aliphatic carboxylic acids is 1. The summed E-state index contributed by atoms with van der Waals surface area (Å²) >= 11 is 0. The minimum Gasteiger partial charge on any atom is -0.479 e. The van der Waals surface area contributed by atoms with E-state index >= 15 is 0 Å². The zero-order valence-corrected chi connectivity index (χ0v) is 10.1. The minimum atomic E-state index is -1.72. The maximum absolute atomic E-state index is 10.6. The van der Waals surface area contributed by atoms with Crippen molar-refractivity contribution in [3.8, 4) is 0 Å². The molecule has 5 atom stereocenters. The molecule has 1 saturated heterocycles. The van der Waals surface area contributed by atoms with Crippen molar-refractivity contribution in [1.29, 1.82) is 0 Å². The molecular weight excluding hydrogens is 234 g/mol. The summed E-state index contributed by atoms with van der Waals surface area (Å²) < 4.78 is 0. The molecule has 1 fully saturated rings. The van der Waals surface area contributed by atoms with Crippen molar-refractivity contribution in [3.63, 3.8) is 0 Å². The number of aliphatic hydroxyl groups excluding tert-OH is 2. The fourth-order valence-corrected chi connectivity index (χ4v) is 2.20. The van der Waals surface area contributed by atoms with E-state index in [1.165, 1.54) is 0 Å². The van der Waals surface area contributed by atoms with E-state index in [0.29, 0.717) is 6.54 Å². The summed E-state index contributed by atoms with van der Waals surface area (Å²) in [5, 5.41) is 27.7. The Morgan fingerprint density at radius 1 is 1.33 bits per heavy atom. The van der Waals surface area contributed by atoms with Gasteiger partial charge in [0, 0.05) is 12.6 Å². The van der Waals surface area contributed by atoms with Crippen LogP contribution in [0.25, 0.3) is 0 Å². The van der Waals surface area contributed by atoms with Crippen molar-refractivity contribution in [3.05, 3.63) is 35.9 Å². The van der Waals surface area contributed by atoms with Gasteiger partial charge in [-0.25, -0.2) is 4.79 Å². The van der Waals surface area contributed by atoms with Crippen LogP contribution in [-0.2, 0) is 4.79 Å². The first-order valence-corrected chi connectivity index (χ1v) is 5.92. The van der Waals surface area contributed by atoms with Crippen molar-refractivity contribution in [2.45, 2.75) is 31.2 Å². The average molecular weight is 251 g/mol. The van der Waals surface area contributed by atoms with Gasteiger partial charge in [-0.05, 0) is 12.5 Å². The SMILES string of the molecule is C[C@H](c1ccccc1)N1C[C@@H]1C(O)C(O)C(=O)O. The van der Waals surface area contributed by atoms with E-state index in [2.05, 4.69) is 0 Å². The molecule has 98 valence electrons. The third kappa shape index (κ3) is 2.53. The molecule has 1 heterocycles. The van der Waals surface area contributed by atoms with Crippen LogP contribution >= 0.6 is 0 Å². The van der Waals surface area contributed by atoms with Crippen LogP contribution in [0.5, 0.6) is 0 Å². The molecule has 0 aromatic heterocycles. The summed E-state index contributed by atoms with van der Waals surface area (Å²) in [5.74, 6) is -1.39. The summed E-state index contributed by atoms with van der Waals surface area (Å²) in [6.07, 6.45) is -2.96. The van der Waals surface area contributed by atoms with Crippen LogP contribution in [0, 0.1) is 0 Å².